The molecule has 1 rings (SSSR count). The van der Waals surface area contributed by atoms with Gasteiger partial charge in [0.25, 0.3) is 0 Å². The van der Waals surface area contributed by atoms with E-state index in [0.717, 1.165) is 0 Å². The van der Waals surface area contributed by atoms with Gasteiger partial charge in [-0.25, -0.2) is 4.39 Å². The Bertz CT molecular complexity index is 509. The van der Waals surface area contributed by atoms with Crippen molar-refractivity contribution in [1.82, 2.24) is 0 Å². The van der Waals surface area contributed by atoms with E-state index in [0.29, 0.717) is 6.08 Å². The van der Waals surface area contributed by atoms with Crippen LogP contribution in [0.5, 0.6) is 0 Å². The summed E-state index contributed by atoms with van der Waals surface area (Å²) < 4.78 is 34.4. The number of allylic oxidation sites excluding steroid dienone is 3. The quantitative estimate of drug-likeness (QED) is 0.731. The summed E-state index contributed by atoms with van der Waals surface area (Å²) in [6, 6.07) is 0. The zero-order valence-electron chi connectivity index (χ0n) is 6.87. The third kappa shape index (κ3) is 2.22. The predicted octanol–water partition coefficient (Wildman–Crippen LogP) is 1.29. The van der Waals surface area contributed by atoms with Crippen LogP contribution >= 0.6 is 23.2 Å². The first-order valence-electron chi connectivity index (χ1n) is 3.48. The Morgan fingerprint density at radius 1 is 1.40 bits per heavy atom. The molecule has 0 bridgehead atoms. The van der Waals surface area contributed by atoms with Gasteiger partial charge in [0.1, 0.15) is 16.6 Å². The largest absolute Gasteiger partial charge is 0.481 e. The molecule has 1 aliphatic rings. The van der Waals surface area contributed by atoms with E-state index in [1.54, 1.807) is 0 Å². The van der Waals surface area contributed by atoms with Crippen molar-refractivity contribution in [2.24, 2.45) is 5.92 Å². The van der Waals surface area contributed by atoms with Crippen LogP contribution in [0, 0.1) is 5.92 Å². The SMILES string of the molecule is O=C(O)C1C=C(F)C(Cl)=C(Cl)C1=S(=O)=O. The van der Waals surface area contributed by atoms with Crippen LogP contribution < -0.4 is 0 Å². The normalized spacial score (nSPS) is 21.4. The van der Waals surface area contributed by atoms with Gasteiger partial charge in [0.2, 0.25) is 10.3 Å². The second-order valence-corrected chi connectivity index (χ2v) is 4.22. The molecule has 8 heteroatoms. The predicted molar refractivity (Wildman–Crippen MR) is 53.0 cm³/mol. The van der Waals surface area contributed by atoms with Crippen LogP contribution in [0.4, 0.5) is 4.39 Å². The van der Waals surface area contributed by atoms with E-state index in [-0.39, 0.29) is 0 Å². The molecule has 1 atom stereocenters. The Morgan fingerprint density at radius 2 is 1.93 bits per heavy atom. The smallest absolute Gasteiger partial charge is 0.316 e. The second-order valence-electron chi connectivity index (χ2n) is 2.56. The van der Waals surface area contributed by atoms with Crippen molar-refractivity contribution in [3.05, 3.63) is 22.0 Å². The maximum Gasteiger partial charge on any atom is 0.316 e. The van der Waals surface area contributed by atoms with Crippen molar-refractivity contribution in [2.45, 2.75) is 0 Å². The highest BCUT2D eigenvalue weighted by Crippen LogP contribution is 2.32. The third-order valence-corrected chi connectivity index (χ3v) is 3.45. The summed E-state index contributed by atoms with van der Waals surface area (Å²) in [6.07, 6.45) is 0.585. The maximum atomic E-state index is 13.0. The number of carboxylic acid groups (broad SMARTS) is 1. The van der Waals surface area contributed by atoms with Crippen LogP contribution in [0.15, 0.2) is 22.0 Å². The monoisotopic (exact) mass is 272 g/mol. The highest BCUT2D eigenvalue weighted by molar-refractivity contribution is 7.73. The molecule has 0 aromatic heterocycles. The van der Waals surface area contributed by atoms with Gasteiger partial charge in [-0.15, -0.1) is 0 Å². The zero-order chi connectivity index (χ0) is 11.7. The first-order chi connectivity index (χ1) is 6.86. The Hall–Kier alpha value is -0.850. The van der Waals surface area contributed by atoms with Crippen LogP contribution in [0.3, 0.4) is 0 Å². The topological polar surface area (TPSA) is 71.4 Å². The van der Waals surface area contributed by atoms with E-state index < -0.39 is 42.9 Å². The molecule has 0 aromatic rings. The average molecular weight is 273 g/mol. The molecular formula is C7H3Cl2FO4S. The fraction of sp³-hybridized carbons (Fsp3) is 0.143. The molecule has 15 heavy (non-hydrogen) atoms. The lowest BCUT2D eigenvalue weighted by atomic mass is 10.00. The van der Waals surface area contributed by atoms with Gasteiger partial charge in [-0.1, -0.05) is 23.2 Å². The van der Waals surface area contributed by atoms with Crippen LogP contribution in [0.25, 0.3) is 0 Å². The maximum absolute atomic E-state index is 13.0. The molecule has 1 unspecified atom stereocenters. The molecule has 0 heterocycles. The van der Waals surface area contributed by atoms with Crippen molar-refractivity contribution >= 4 is 44.3 Å². The molecule has 4 nitrogen and oxygen atoms in total. The van der Waals surface area contributed by atoms with E-state index in [9.17, 15) is 17.6 Å². The minimum atomic E-state index is -2.87. The summed E-state index contributed by atoms with van der Waals surface area (Å²) in [6.45, 7) is 0. The van der Waals surface area contributed by atoms with Crippen molar-refractivity contribution in [3.8, 4) is 0 Å². The Balaban J connectivity index is 3.52. The van der Waals surface area contributed by atoms with Crippen LogP contribution in [-0.4, -0.2) is 24.4 Å². The van der Waals surface area contributed by atoms with Crippen LogP contribution in [0.1, 0.15) is 0 Å². The minimum Gasteiger partial charge on any atom is -0.481 e. The van der Waals surface area contributed by atoms with Crippen molar-refractivity contribution < 1.29 is 22.7 Å². The fourth-order valence-electron chi connectivity index (χ4n) is 1.00. The van der Waals surface area contributed by atoms with Gasteiger partial charge in [-0.3, -0.25) is 4.79 Å². The van der Waals surface area contributed by atoms with Gasteiger partial charge in [-0.2, -0.15) is 8.42 Å². The number of hydrogen-bond donors (Lipinski definition) is 1. The highest BCUT2D eigenvalue weighted by atomic mass is 35.5. The minimum absolute atomic E-state index is 0.585. The molecule has 82 valence electrons. The highest BCUT2D eigenvalue weighted by Gasteiger charge is 2.33. The molecule has 0 radical (unpaired) electrons. The Labute approximate surface area is 95.1 Å². The van der Waals surface area contributed by atoms with Crippen molar-refractivity contribution in [2.75, 3.05) is 0 Å². The molecule has 0 spiro atoms. The van der Waals surface area contributed by atoms with Gasteiger partial charge in [-0.05, 0) is 6.08 Å². The molecule has 1 aliphatic carbocycles. The molecule has 0 amide bonds. The summed E-state index contributed by atoms with van der Waals surface area (Å²) in [4.78, 5) is 9.99. The van der Waals surface area contributed by atoms with Gasteiger partial charge in [0.15, 0.2) is 0 Å². The average Bonchev–Trinajstić information content (AvgIpc) is 2.12. The summed E-state index contributed by atoms with van der Waals surface area (Å²) in [5.41, 5.74) is 0. The summed E-state index contributed by atoms with van der Waals surface area (Å²) in [5.74, 6) is -4.21. The van der Waals surface area contributed by atoms with Gasteiger partial charge < -0.3 is 5.11 Å². The van der Waals surface area contributed by atoms with Crippen LogP contribution in [-0.2, 0) is 15.1 Å². The summed E-state index contributed by atoms with van der Waals surface area (Å²) in [5, 5.41) is 7.45. The Kier molecular flexibility index (Phi) is 3.54. The first-order valence-corrected chi connectivity index (χ1v) is 5.31. The number of rotatable bonds is 1. The van der Waals surface area contributed by atoms with Gasteiger partial charge in [0, 0.05) is 0 Å². The van der Waals surface area contributed by atoms with Gasteiger partial charge in [0.05, 0.1) is 10.1 Å². The summed E-state index contributed by atoms with van der Waals surface area (Å²) in [7, 11) is -2.87. The van der Waals surface area contributed by atoms with E-state index in [1.165, 1.54) is 0 Å². The standard InChI is InChI=1S/C7H3Cl2FO4S/c8-4-3(10)1-2(7(11)12)6(5(4)9)15(13)14/h1-2H,(H,11,12). The number of carboxylic acids is 1. The lowest BCUT2D eigenvalue weighted by molar-refractivity contribution is -0.138. The molecule has 0 aromatic carbocycles. The molecule has 0 fully saturated rings. The first kappa shape index (κ1) is 12.2. The fourth-order valence-corrected chi connectivity index (χ4v) is 2.25. The van der Waals surface area contributed by atoms with E-state index in [4.69, 9.17) is 28.3 Å². The molecule has 1 N–H and O–H groups in total. The Morgan fingerprint density at radius 3 is 2.33 bits per heavy atom. The lowest BCUT2D eigenvalue weighted by Crippen LogP contribution is -2.26. The van der Waals surface area contributed by atoms with Gasteiger partial charge >= 0.3 is 5.97 Å². The second kappa shape index (κ2) is 4.34. The number of hydrogen-bond acceptors (Lipinski definition) is 3. The molecule has 0 saturated heterocycles. The lowest BCUT2D eigenvalue weighted by Gasteiger charge is -2.14. The van der Waals surface area contributed by atoms with Crippen LogP contribution in [0.2, 0.25) is 0 Å². The van der Waals surface area contributed by atoms with E-state index in [1.807, 2.05) is 0 Å². The number of aliphatic carboxylic acids is 1. The van der Waals surface area contributed by atoms with Crippen molar-refractivity contribution in [1.29, 1.82) is 0 Å². The molecule has 0 saturated carbocycles. The van der Waals surface area contributed by atoms with Crippen molar-refractivity contribution in [3.63, 3.8) is 0 Å². The number of carbonyl (C=O) groups is 1. The summed E-state index contributed by atoms with van der Waals surface area (Å²) >= 11 is 10.8. The molecular weight excluding hydrogens is 270 g/mol. The molecule has 0 aliphatic heterocycles. The zero-order valence-corrected chi connectivity index (χ0v) is 9.20. The third-order valence-electron chi connectivity index (χ3n) is 1.66. The number of halogens is 3. The van der Waals surface area contributed by atoms with E-state index in [2.05, 4.69) is 0 Å². The van der Waals surface area contributed by atoms with E-state index >= 15 is 0 Å².